The average molecular weight is 591 g/mol. The Labute approximate surface area is 242 Å². The molecule has 0 bridgehead atoms. The van der Waals surface area contributed by atoms with E-state index >= 15 is 0 Å². The summed E-state index contributed by atoms with van der Waals surface area (Å²) in [5.74, 6) is 0.500. The monoisotopic (exact) mass is 590 g/mol. The Hall–Kier alpha value is -3.50. The van der Waals surface area contributed by atoms with Crippen molar-refractivity contribution >= 4 is 52.1 Å². The van der Waals surface area contributed by atoms with Gasteiger partial charge in [-0.15, -0.1) is 0 Å². The van der Waals surface area contributed by atoms with Crippen LogP contribution >= 0.6 is 23.2 Å². The van der Waals surface area contributed by atoms with Gasteiger partial charge in [-0.1, -0.05) is 29.3 Å². The van der Waals surface area contributed by atoms with Crippen molar-refractivity contribution in [3.63, 3.8) is 0 Å². The second kappa shape index (κ2) is 11.9. The topological polar surface area (TPSA) is 121 Å². The highest BCUT2D eigenvalue weighted by Crippen LogP contribution is 2.46. The highest BCUT2D eigenvalue weighted by Gasteiger charge is 2.40. The minimum absolute atomic E-state index is 0.324. The summed E-state index contributed by atoms with van der Waals surface area (Å²) in [6.45, 7) is 5.36. The maximum atomic E-state index is 12.5. The Balaban J connectivity index is 1.60. The zero-order valence-corrected chi connectivity index (χ0v) is 24.6. The fraction of sp³-hybridized carbons (Fsp3) is 0.429. The molecule has 12 heteroatoms. The van der Waals surface area contributed by atoms with Gasteiger partial charge in [0.15, 0.2) is 0 Å². The van der Waals surface area contributed by atoms with Crippen molar-refractivity contribution in [3.05, 3.63) is 40.5 Å². The van der Waals surface area contributed by atoms with E-state index in [4.69, 9.17) is 42.1 Å². The van der Waals surface area contributed by atoms with E-state index in [0.717, 1.165) is 10.9 Å². The van der Waals surface area contributed by atoms with Crippen LogP contribution in [0, 0.1) is 5.92 Å². The van der Waals surface area contributed by atoms with E-state index in [9.17, 15) is 9.59 Å². The van der Waals surface area contributed by atoms with Crippen molar-refractivity contribution in [1.29, 1.82) is 0 Å². The van der Waals surface area contributed by atoms with Crippen molar-refractivity contribution in [3.8, 4) is 22.6 Å². The third-order valence-corrected chi connectivity index (χ3v) is 7.31. The van der Waals surface area contributed by atoms with Crippen LogP contribution < -0.4 is 20.1 Å². The second-order valence-electron chi connectivity index (χ2n) is 10.4. The largest absolute Gasteiger partial charge is 0.495 e. The highest BCUT2D eigenvalue weighted by molar-refractivity contribution is 6.41. The summed E-state index contributed by atoms with van der Waals surface area (Å²) < 4.78 is 21.1. The number of amides is 1. The third-order valence-electron chi connectivity index (χ3n) is 6.56. The van der Waals surface area contributed by atoms with Crippen molar-refractivity contribution in [2.75, 3.05) is 26.6 Å². The SMILES string of the molecule is COC(=O)C1CC(NC(=O)OC(C)(C)C)C(Nc2ncc3cc(-c4c(Cl)c(OC)cc(OC)c4Cl)ccc3n2)C1. The number of carbonyl (C=O) groups excluding carboxylic acids is 2. The summed E-state index contributed by atoms with van der Waals surface area (Å²) in [6.07, 6.45) is 1.94. The molecule has 1 fully saturated rings. The number of nitrogens with one attached hydrogen (secondary N) is 2. The number of hydrogen-bond donors (Lipinski definition) is 2. The van der Waals surface area contributed by atoms with Gasteiger partial charge in [0.05, 0.1) is 54.9 Å². The van der Waals surface area contributed by atoms with E-state index in [1.165, 1.54) is 21.3 Å². The first kappa shape index (κ1) is 29.5. The van der Waals surface area contributed by atoms with Crippen LogP contribution in [0.25, 0.3) is 22.0 Å². The summed E-state index contributed by atoms with van der Waals surface area (Å²) in [7, 11) is 4.39. The molecule has 40 heavy (non-hydrogen) atoms. The molecule has 1 aliphatic carbocycles. The third kappa shape index (κ3) is 6.45. The van der Waals surface area contributed by atoms with Gasteiger partial charge in [-0.3, -0.25) is 4.79 Å². The van der Waals surface area contributed by atoms with Crippen LogP contribution in [0.1, 0.15) is 33.6 Å². The van der Waals surface area contributed by atoms with Crippen molar-refractivity contribution < 1.29 is 28.5 Å². The first-order valence-corrected chi connectivity index (χ1v) is 13.4. The molecule has 1 aliphatic rings. The maximum absolute atomic E-state index is 12.5. The van der Waals surface area contributed by atoms with E-state index in [2.05, 4.69) is 20.6 Å². The molecule has 1 amide bonds. The normalized spacial score (nSPS) is 18.8. The van der Waals surface area contributed by atoms with Gasteiger partial charge < -0.3 is 29.6 Å². The van der Waals surface area contributed by atoms with Crippen molar-refractivity contribution in [2.45, 2.75) is 51.3 Å². The zero-order chi connectivity index (χ0) is 29.2. The quantitative estimate of drug-likeness (QED) is 0.325. The van der Waals surface area contributed by atoms with Crippen LogP contribution in [-0.2, 0) is 14.3 Å². The van der Waals surface area contributed by atoms with E-state index in [1.807, 2.05) is 18.2 Å². The maximum Gasteiger partial charge on any atom is 0.407 e. The van der Waals surface area contributed by atoms with Gasteiger partial charge in [0.25, 0.3) is 0 Å². The minimum atomic E-state index is -0.655. The van der Waals surface area contributed by atoms with Gasteiger partial charge in [0, 0.05) is 23.2 Å². The molecule has 0 spiro atoms. The number of nitrogens with zero attached hydrogens (tertiary/aromatic N) is 2. The van der Waals surface area contributed by atoms with Crippen molar-refractivity contribution in [1.82, 2.24) is 15.3 Å². The predicted octanol–water partition coefficient (Wildman–Crippen LogP) is 5.88. The average Bonchev–Trinajstić information content (AvgIpc) is 3.29. The molecule has 0 saturated heterocycles. The number of alkyl carbamates (subject to hydrolysis) is 1. The fourth-order valence-corrected chi connectivity index (χ4v) is 5.46. The van der Waals surface area contributed by atoms with Crippen LogP contribution in [0.5, 0.6) is 11.5 Å². The molecular weight excluding hydrogens is 559 g/mol. The molecule has 2 aromatic carbocycles. The van der Waals surface area contributed by atoms with Gasteiger partial charge in [-0.25, -0.2) is 14.8 Å². The first-order chi connectivity index (χ1) is 18.9. The fourth-order valence-electron chi connectivity index (χ4n) is 4.74. The number of anilines is 1. The van der Waals surface area contributed by atoms with Crippen LogP contribution in [0.4, 0.5) is 10.7 Å². The molecule has 3 unspecified atom stereocenters. The molecule has 1 aromatic heterocycles. The number of halogens is 2. The predicted molar refractivity (Wildman–Crippen MR) is 153 cm³/mol. The molecule has 214 valence electrons. The highest BCUT2D eigenvalue weighted by atomic mass is 35.5. The van der Waals surface area contributed by atoms with Crippen LogP contribution in [0.15, 0.2) is 30.5 Å². The van der Waals surface area contributed by atoms with E-state index < -0.39 is 17.7 Å². The standard InChI is InChI=1S/C28H32Cl2N4O6/c1-28(2,3)40-27(36)34-19-11-15(25(35)39-6)10-18(19)33-26-31-13-16-9-14(7-8-17(16)32-26)22-23(29)20(37-4)12-21(38-5)24(22)30/h7-9,12-13,15,18-19H,10-11H2,1-6H3,(H,34,36)(H,31,32,33). The Morgan fingerprint density at radius 3 is 2.23 bits per heavy atom. The number of rotatable bonds is 7. The molecule has 0 aliphatic heterocycles. The Bertz CT molecular complexity index is 1400. The molecule has 4 rings (SSSR count). The summed E-state index contributed by atoms with van der Waals surface area (Å²) in [5.41, 5.74) is 1.32. The molecule has 10 nitrogen and oxygen atoms in total. The van der Waals surface area contributed by atoms with E-state index in [1.54, 1.807) is 33.0 Å². The van der Waals surface area contributed by atoms with Gasteiger partial charge in [-0.05, 0) is 51.3 Å². The van der Waals surface area contributed by atoms with E-state index in [-0.39, 0.29) is 17.9 Å². The Morgan fingerprint density at radius 1 is 0.975 bits per heavy atom. The number of fused-ring (bicyclic) bond motifs is 1. The Kier molecular flexibility index (Phi) is 8.80. The summed E-state index contributed by atoms with van der Waals surface area (Å²) in [4.78, 5) is 33.9. The molecule has 1 saturated carbocycles. The van der Waals surface area contributed by atoms with Gasteiger partial charge in [-0.2, -0.15) is 0 Å². The molecule has 1 heterocycles. The Morgan fingerprint density at radius 2 is 1.62 bits per heavy atom. The number of aromatic nitrogens is 2. The molecular formula is C28H32Cl2N4O6. The molecule has 3 aromatic rings. The molecule has 0 radical (unpaired) electrons. The lowest BCUT2D eigenvalue weighted by Gasteiger charge is -2.25. The lowest BCUT2D eigenvalue weighted by molar-refractivity contribution is -0.145. The number of carbonyl (C=O) groups is 2. The zero-order valence-electron chi connectivity index (χ0n) is 23.1. The van der Waals surface area contributed by atoms with Gasteiger partial charge in [0.2, 0.25) is 5.95 Å². The number of benzene rings is 2. The van der Waals surface area contributed by atoms with Crippen LogP contribution in [0.3, 0.4) is 0 Å². The van der Waals surface area contributed by atoms with Gasteiger partial charge in [0.1, 0.15) is 17.1 Å². The summed E-state index contributed by atoms with van der Waals surface area (Å²) >= 11 is 13.2. The van der Waals surface area contributed by atoms with Gasteiger partial charge >= 0.3 is 12.1 Å². The number of hydrogen-bond acceptors (Lipinski definition) is 9. The minimum Gasteiger partial charge on any atom is -0.495 e. The van der Waals surface area contributed by atoms with Crippen LogP contribution in [0.2, 0.25) is 10.0 Å². The number of ether oxygens (including phenoxy) is 4. The van der Waals surface area contributed by atoms with E-state index in [0.29, 0.717) is 51.4 Å². The second-order valence-corrected chi connectivity index (χ2v) is 11.2. The lowest BCUT2D eigenvalue weighted by Crippen LogP contribution is -2.45. The van der Waals surface area contributed by atoms with Crippen LogP contribution in [-0.4, -0.2) is 61.0 Å². The molecule has 3 atom stereocenters. The first-order valence-electron chi connectivity index (χ1n) is 12.6. The smallest absolute Gasteiger partial charge is 0.407 e. The lowest BCUT2D eigenvalue weighted by atomic mass is 10.0. The number of methoxy groups -OCH3 is 3. The summed E-state index contributed by atoms with van der Waals surface area (Å²) in [6, 6.07) is 6.47. The van der Waals surface area contributed by atoms with Crippen molar-refractivity contribution in [2.24, 2.45) is 5.92 Å². The molecule has 2 N–H and O–H groups in total. The summed E-state index contributed by atoms with van der Waals surface area (Å²) in [5, 5.41) is 7.62. The number of esters is 1.